The van der Waals surface area contributed by atoms with Crippen LogP contribution in [0.25, 0.3) is 11.0 Å². The normalized spacial score (nSPS) is 10.5. The number of amides is 2. The highest BCUT2D eigenvalue weighted by atomic mass is 16.5. The molecule has 0 bridgehead atoms. The molecule has 7 heteroatoms. The van der Waals surface area contributed by atoms with Crippen LogP contribution in [0.3, 0.4) is 0 Å². The van der Waals surface area contributed by atoms with E-state index in [0.717, 1.165) is 0 Å². The van der Waals surface area contributed by atoms with E-state index in [2.05, 4.69) is 5.32 Å². The van der Waals surface area contributed by atoms with Crippen molar-refractivity contribution in [2.24, 2.45) is 5.73 Å². The molecule has 0 radical (unpaired) electrons. The smallest absolute Gasteiger partial charge is 0.286 e. The molecule has 0 atom stereocenters. The number of anilines is 1. The van der Waals surface area contributed by atoms with Gasteiger partial charge in [-0.15, -0.1) is 0 Å². The van der Waals surface area contributed by atoms with Crippen molar-refractivity contribution in [2.75, 3.05) is 19.5 Å². The van der Waals surface area contributed by atoms with E-state index >= 15 is 0 Å². The molecule has 25 heavy (non-hydrogen) atoms. The van der Waals surface area contributed by atoms with Crippen LogP contribution in [0, 0.1) is 0 Å². The molecule has 2 amide bonds. The average Bonchev–Trinajstić information content (AvgIpc) is 3.00. The highest BCUT2D eigenvalue weighted by Gasteiger charge is 2.21. The molecule has 0 spiro atoms. The predicted molar refractivity (Wildman–Crippen MR) is 92.2 cm³/mol. The fourth-order valence-electron chi connectivity index (χ4n) is 2.47. The van der Waals surface area contributed by atoms with Crippen LogP contribution in [-0.4, -0.2) is 26.0 Å². The first kappa shape index (κ1) is 16.4. The number of carbonyl (C=O) groups is 2. The van der Waals surface area contributed by atoms with E-state index in [1.807, 2.05) is 0 Å². The molecule has 2 aromatic carbocycles. The van der Waals surface area contributed by atoms with Gasteiger partial charge in [0.2, 0.25) is 5.76 Å². The Morgan fingerprint density at radius 3 is 2.28 bits per heavy atom. The van der Waals surface area contributed by atoms with Gasteiger partial charge in [0, 0.05) is 17.0 Å². The van der Waals surface area contributed by atoms with Gasteiger partial charge in [-0.1, -0.05) is 12.1 Å². The highest BCUT2D eigenvalue weighted by Crippen LogP contribution is 2.31. The van der Waals surface area contributed by atoms with E-state index in [4.69, 9.17) is 19.6 Å². The average molecular weight is 340 g/mol. The molecule has 128 valence electrons. The monoisotopic (exact) mass is 340 g/mol. The van der Waals surface area contributed by atoms with Crippen LogP contribution < -0.4 is 20.5 Å². The predicted octanol–water partition coefficient (Wildman–Crippen LogP) is 2.80. The molecule has 7 nitrogen and oxygen atoms in total. The summed E-state index contributed by atoms with van der Waals surface area (Å²) in [5.74, 6) is -0.390. The first-order valence-corrected chi connectivity index (χ1v) is 7.39. The summed E-state index contributed by atoms with van der Waals surface area (Å²) in [4.78, 5) is 24.3. The SMILES string of the molecule is COc1cc(OC)cc(C(=O)Nc2c(C(N)=O)oc3ccccc23)c1. The number of rotatable bonds is 5. The third kappa shape index (κ3) is 3.12. The van der Waals surface area contributed by atoms with Crippen LogP contribution in [0.1, 0.15) is 20.9 Å². The van der Waals surface area contributed by atoms with Gasteiger partial charge in [0.1, 0.15) is 22.8 Å². The molecule has 0 aliphatic rings. The maximum Gasteiger partial charge on any atom is 0.286 e. The first-order chi connectivity index (χ1) is 12.0. The van der Waals surface area contributed by atoms with E-state index in [-0.39, 0.29) is 11.4 Å². The van der Waals surface area contributed by atoms with Crippen molar-refractivity contribution in [3.63, 3.8) is 0 Å². The van der Waals surface area contributed by atoms with Crippen molar-refractivity contribution in [2.45, 2.75) is 0 Å². The molecule has 0 unspecified atom stereocenters. The molecule has 0 aliphatic heterocycles. The van der Waals surface area contributed by atoms with Crippen molar-refractivity contribution in [1.29, 1.82) is 0 Å². The highest BCUT2D eigenvalue weighted by molar-refractivity contribution is 6.14. The zero-order valence-corrected chi connectivity index (χ0v) is 13.7. The maximum absolute atomic E-state index is 12.7. The number of nitrogens with two attached hydrogens (primary N) is 1. The quantitative estimate of drug-likeness (QED) is 0.743. The van der Waals surface area contributed by atoms with Gasteiger partial charge in [0.15, 0.2) is 0 Å². The van der Waals surface area contributed by atoms with E-state index < -0.39 is 11.8 Å². The third-order valence-corrected chi connectivity index (χ3v) is 3.67. The largest absolute Gasteiger partial charge is 0.497 e. The van der Waals surface area contributed by atoms with Crippen LogP contribution in [-0.2, 0) is 0 Å². The van der Waals surface area contributed by atoms with Crippen LogP contribution in [0.15, 0.2) is 46.9 Å². The maximum atomic E-state index is 12.7. The fourth-order valence-corrected chi connectivity index (χ4v) is 2.47. The van der Waals surface area contributed by atoms with E-state index in [9.17, 15) is 9.59 Å². The molecule has 0 aliphatic carbocycles. The lowest BCUT2D eigenvalue weighted by atomic mass is 10.1. The van der Waals surface area contributed by atoms with Gasteiger partial charge < -0.3 is 24.9 Å². The van der Waals surface area contributed by atoms with E-state index in [1.165, 1.54) is 14.2 Å². The summed E-state index contributed by atoms with van der Waals surface area (Å²) in [7, 11) is 2.98. The fraction of sp³-hybridized carbons (Fsp3) is 0.111. The third-order valence-electron chi connectivity index (χ3n) is 3.67. The number of fused-ring (bicyclic) bond motifs is 1. The summed E-state index contributed by atoms with van der Waals surface area (Å²) in [5, 5.41) is 3.27. The van der Waals surface area contributed by atoms with Gasteiger partial charge in [-0.05, 0) is 24.3 Å². The van der Waals surface area contributed by atoms with Crippen LogP contribution >= 0.6 is 0 Å². The minimum Gasteiger partial charge on any atom is -0.497 e. The minimum absolute atomic E-state index is 0.107. The molecule has 0 saturated heterocycles. The zero-order chi connectivity index (χ0) is 18.0. The Hall–Kier alpha value is -3.48. The number of ether oxygens (including phenoxy) is 2. The Morgan fingerprint density at radius 2 is 1.68 bits per heavy atom. The molecule has 3 rings (SSSR count). The molecule has 1 aromatic heterocycles. The Kier molecular flexibility index (Phi) is 4.30. The second kappa shape index (κ2) is 6.56. The summed E-state index contributed by atoms with van der Waals surface area (Å²) < 4.78 is 15.8. The van der Waals surface area contributed by atoms with Crippen molar-refractivity contribution in [3.05, 3.63) is 53.8 Å². The van der Waals surface area contributed by atoms with Crippen molar-refractivity contribution < 1.29 is 23.5 Å². The number of para-hydroxylation sites is 1. The summed E-state index contributed by atoms with van der Waals surface area (Å²) in [6.07, 6.45) is 0. The Morgan fingerprint density at radius 1 is 1.04 bits per heavy atom. The van der Waals surface area contributed by atoms with Crippen LogP contribution in [0.4, 0.5) is 5.69 Å². The summed E-state index contributed by atoms with van der Waals surface area (Å²) >= 11 is 0. The molecule has 3 N–H and O–H groups in total. The van der Waals surface area contributed by atoms with Crippen molar-refractivity contribution in [1.82, 2.24) is 0 Å². The second-order valence-electron chi connectivity index (χ2n) is 5.22. The number of methoxy groups -OCH3 is 2. The molecular weight excluding hydrogens is 324 g/mol. The summed E-state index contributed by atoms with van der Waals surface area (Å²) in [5.41, 5.74) is 6.35. The Balaban J connectivity index is 2.03. The molecular formula is C18H16N2O5. The van der Waals surface area contributed by atoms with Gasteiger partial charge in [-0.2, -0.15) is 0 Å². The zero-order valence-electron chi connectivity index (χ0n) is 13.7. The number of carbonyl (C=O) groups excluding carboxylic acids is 2. The number of furan rings is 1. The van der Waals surface area contributed by atoms with E-state index in [0.29, 0.717) is 28.0 Å². The van der Waals surface area contributed by atoms with Crippen LogP contribution in [0.2, 0.25) is 0 Å². The first-order valence-electron chi connectivity index (χ1n) is 7.39. The molecule has 3 aromatic rings. The lowest BCUT2D eigenvalue weighted by Crippen LogP contribution is -2.17. The Bertz CT molecular complexity index is 939. The lowest BCUT2D eigenvalue weighted by molar-refractivity contribution is 0.0977. The van der Waals surface area contributed by atoms with Crippen molar-refractivity contribution in [3.8, 4) is 11.5 Å². The number of nitrogens with one attached hydrogen (secondary N) is 1. The summed E-state index contributed by atoms with van der Waals surface area (Å²) in [6.45, 7) is 0. The van der Waals surface area contributed by atoms with Crippen molar-refractivity contribution >= 4 is 28.5 Å². The molecule has 0 saturated carbocycles. The van der Waals surface area contributed by atoms with Gasteiger partial charge >= 0.3 is 0 Å². The molecule has 1 heterocycles. The Labute approximate surface area is 143 Å². The van der Waals surface area contributed by atoms with Gasteiger partial charge in [0.05, 0.1) is 14.2 Å². The number of benzene rings is 2. The minimum atomic E-state index is -0.769. The number of primary amides is 1. The summed E-state index contributed by atoms with van der Waals surface area (Å²) in [6, 6.07) is 11.7. The van der Waals surface area contributed by atoms with Gasteiger partial charge in [-0.25, -0.2) is 0 Å². The number of hydrogen-bond donors (Lipinski definition) is 2. The standard InChI is InChI=1S/C18H16N2O5/c1-23-11-7-10(8-12(9-11)24-2)18(22)20-15-13-5-3-4-6-14(13)25-16(15)17(19)21/h3-9H,1-2H3,(H2,19,21)(H,20,22). The topological polar surface area (TPSA) is 104 Å². The van der Waals surface area contributed by atoms with E-state index in [1.54, 1.807) is 42.5 Å². The van der Waals surface area contributed by atoms with Gasteiger partial charge in [-0.3, -0.25) is 9.59 Å². The van der Waals surface area contributed by atoms with Crippen LogP contribution in [0.5, 0.6) is 11.5 Å². The molecule has 0 fully saturated rings. The lowest BCUT2D eigenvalue weighted by Gasteiger charge is -2.09. The number of hydrogen-bond acceptors (Lipinski definition) is 5. The second-order valence-corrected chi connectivity index (χ2v) is 5.22. The van der Waals surface area contributed by atoms with Gasteiger partial charge in [0.25, 0.3) is 11.8 Å².